The van der Waals surface area contributed by atoms with Gasteiger partial charge in [0.1, 0.15) is 0 Å². The van der Waals surface area contributed by atoms with E-state index in [4.69, 9.17) is 0 Å². The van der Waals surface area contributed by atoms with Crippen LogP contribution < -0.4 is 5.46 Å². The summed E-state index contributed by atoms with van der Waals surface area (Å²) < 4.78 is 0. The Morgan fingerprint density at radius 1 is 1.36 bits per heavy atom. The van der Waals surface area contributed by atoms with Crippen LogP contribution in [0.15, 0.2) is 24.3 Å². The SMILES string of the molecule is CB(C)c1cccc(CBr)c1. The van der Waals surface area contributed by atoms with Crippen molar-refractivity contribution in [3.05, 3.63) is 29.8 Å². The molecule has 0 heterocycles. The van der Waals surface area contributed by atoms with E-state index in [-0.39, 0.29) is 0 Å². The van der Waals surface area contributed by atoms with Crippen molar-refractivity contribution >= 4 is 28.1 Å². The second-order valence-electron chi connectivity index (χ2n) is 3.03. The van der Waals surface area contributed by atoms with Crippen LogP contribution >= 0.6 is 15.9 Å². The fraction of sp³-hybridized carbons (Fsp3) is 0.333. The average Bonchev–Trinajstić information content (AvgIpc) is 2.05. The predicted octanol–water partition coefficient (Wildman–Crippen LogP) is 2.54. The first-order valence-electron chi connectivity index (χ1n) is 3.89. The molecular weight excluding hydrogens is 199 g/mol. The number of alkyl halides is 1. The van der Waals surface area contributed by atoms with Crippen molar-refractivity contribution in [2.75, 3.05) is 0 Å². The fourth-order valence-electron chi connectivity index (χ4n) is 1.04. The first-order chi connectivity index (χ1) is 5.24. The van der Waals surface area contributed by atoms with Gasteiger partial charge in [0.25, 0.3) is 0 Å². The summed E-state index contributed by atoms with van der Waals surface area (Å²) in [7, 11) is 0. The van der Waals surface area contributed by atoms with Gasteiger partial charge in [-0.15, -0.1) is 0 Å². The van der Waals surface area contributed by atoms with Gasteiger partial charge < -0.3 is 0 Å². The van der Waals surface area contributed by atoms with Crippen LogP contribution in [-0.2, 0) is 5.33 Å². The molecule has 0 saturated carbocycles. The second-order valence-corrected chi connectivity index (χ2v) is 3.59. The summed E-state index contributed by atoms with van der Waals surface area (Å²) in [4.78, 5) is 0. The molecule has 1 aromatic rings. The summed E-state index contributed by atoms with van der Waals surface area (Å²) in [6, 6.07) is 8.68. The maximum atomic E-state index is 3.44. The molecule has 0 saturated heterocycles. The molecule has 0 spiro atoms. The lowest BCUT2D eigenvalue weighted by atomic mass is 9.49. The average molecular weight is 211 g/mol. The van der Waals surface area contributed by atoms with Gasteiger partial charge in [-0.1, -0.05) is 59.3 Å². The number of hydrogen-bond donors (Lipinski definition) is 0. The number of benzene rings is 1. The Bertz CT molecular complexity index is 233. The zero-order valence-electron chi connectivity index (χ0n) is 6.97. The summed E-state index contributed by atoms with van der Waals surface area (Å²) in [6.45, 7) is 5.06. The normalized spacial score (nSPS) is 9.73. The lowest BCUT2D eigenvalue weighted by Crippen LogP contribution is -2.22. The lowest BCUT2D eigenvalue weighted by Gasteiger charge is -2.03. The highest BCUT2D eigenvalue weighted by atomic mass is 79.9. The molecule has 0 aromatic heterocycles. The molecule has 0 amide bonds. The molecule has 0 aliphatic carbocycles. The molecule has 0 aliphatic rings. The van der Waals surface area contributed by atoms with E-state index in [1.807, 2.05) is 0 Å². The maximum absolute atomic E-state index is 3.44. The third-order valence-electron chi connectivity index (χ3n) is 1.77. The van der Waals surface area contributed by atoms with Crippen molar-refractivity contribution < 1.29 is 0 Å². The lowest BCUT2D eigenvalue weighted by molar-refractivity contribution is 1.45. The van der Waals surface area contributed by atoms with Gasteiger partial charge >= 0.3 is 0 Å². The molecule has 0 aliphatic heterocycles. The Morgan fingerprint density at radius 2 is 2.09 bits per heavy atom. The Labute approximate surface area is 77.2 Å². The van der Waals surface area contributed by atoms with Crippen molar-refractivity contribution in [3.63, 3.8) is 0 Å². The van der Waals surface area contributed by atoms with Gasteiger partial charge in [-0.25, -0.2) is 0 Å². The minimum Gasteiger partial charge on any atom is -0.0876 e. The zero-order valence-corrected chi connectivity index (χ0v) is 8.56. The van der Waals surface area contributed by atoms with Gasteiger partial charge in [0.2, 0.25) is 0 Å². The van der Waals surface area contributed by atoms with Gasteiger partial charge in [-0.05, 0) is 5.56 Å². The second kappa shape index (κ2) is 3.96. The van der Waals surface area contributed by atoms with Crippen molar-refractivity contribution in [1.29, 1.82) is 0 Å². The standard InChI is InChI=1S/C9H12BBr/c1-10(2)9-5-3-4-8(6-9)7-11/h3-6H,7H2,1-2H3. The van der Waals surface area contributed by atoms with Crippen molar-refractivity contribution in [1.82, 2.24) is 0 Å². The zero-order chi connectivity index (χ0) is 8.27. The van der Waals surface area contributed by atoms with E-state index >= 15 is 0 Å². The summed E-state index contributed by atoms with van der Waals surface area (Å²) >= 11 is 3.44. The van der Waals surface area contributed by atoms with Gasteiger partial charge in [0.05, 0.1) is 0 Å². The first kappa shape index (κ1) is 8.86. The molecule has 1 aromatic carbocycles. The largest absolute Gasteiger partial charge is 0.169 e. The van der Waals surface area contributed by atoms with E-state index in [0.717, 1.165) is 5.33 Å². The monoisotopic (exact) mass is 210 g/mol. The van der Waals surface area contributed by atoms with Crippen LogP contribution in [0.5, 0.6) is 0 Å². The molecule has 0 fully saturated rings. The molecule has 0 radical (unpaired) electrons. The molecule has 0 atom stereocenters. The van der Waals surface area contributed by atoms with E-state index in [1.54, 1.807) is 0 Å². The quantitative estimate of drug-likeness (QED) is 0.520. The van der Waals surface area contributed by atoms with Gasteiger partial charge in [0.15, 0.2) is 6.71 Å². The summed E-state index contributed by atoms with van der Waals surface area (Å²) in [5.74, 6) is 0. The number of rotatable bonds is 2. The molecule has 11 heavy (non-hydrogen) atoms. The van der Waals surface area contributed by atoms with E-state index in [9.17, 15) is 0 Å². The minimum absolute atomic E-state index is 0.633. The molecular formula is C9H12BBr. The molecule has 0 unspecified atom stereocenters. The summed E-state index contributed by atoms with van der Waals surface area (Å²) in [6.07, 6.45) is 0. The third kappa shape index (κ3) is 2.37. The smallest absolute Gasteiger partial charge is 0.0876 e. The van der Waals surface area contributed by atoms with Crippen LogP contribution in [0.2, 0.25) is 13.6 Å². The predicted molar refractivity (Wildman–Crippen MR) is 56.2 cm³/mol. The Kier molecular flexibility index (Phi) is 3.19. The maximum Gasteiger partial charge on any atom is 0.169 e. The Hall–Kier alpha value is -0.235. The van der Waals surface area contributed by atoms with Gasteiger partial charge in [0, 0.05) is 5.33 Å². The Balaban J connectivity index is 2.91. The number of halogens is 1. The highest BCUT2D eigenvalue weighted by Gasteiger charge is 2.01. The van der Waals surface area contributed by atoms with Crippen LogP contribution in [0.3, 0.4) is 0 Å². The Morgan fingerprint density at radius 3 is 2.64 bits per heavy atom. The number of hydrogen-bond acceptors (Lipinski definition) is 0. The van der Waals surface area contributed by atoms with Gasteiger partial charge in [-0.3, -0.25) is 0 Å². The molecule has 0 nitrogen and oxygen atoms in total. The first-order valence-corrected chi connectivity index (χ1v) is 5.01. The van der Waals surface area contributed by atoms with Crippen LogP contribution in [-0.4, -0.2) is 6.71 Å². The molecule has 58 valence electrons. The molecule has 0 bridgehead atoms. The molecule has 1 rings (SSSR count). The van der Waals surface area contributed by atoms with Crippen LogP contribution in [0.1, 0.15) is 5.56 Å². The fourth-order valence-corrected chi connectivity index (χ4v) is 1.38. The van der Waals surface area contributed by atoms with Crippen molar-refractivity contribution in [2.45, 2.75) is 19.0 Å². The van der Waals surface area contributed by atoms with Crippen LogP contribution in [0.4, 0.5) is 0 Å². The minimum atomic E-state index is 0.633. The highest BCUT2D eigenvalue weighted by molar-refractivity contribution is 9.08. The van der Waals surface area contributed by atoms with E-state index in [0.29, 0.717) is 6.71 Å². The third-order valence-corrected chi connectivity index (χ3v) is 2.42. The van der Waals surface area contributed by atoms with E-state index in [1.165, 1.54) is 11.0 Å². The molecule has 0 N–H and O–H groups in total. The topological polar surface area (TPSA) is 0 Å². The highest BCUT2D eigenvalue weighted by Crippen LogP contribution is 2.02. The summed E-state index contributed by atoms with van der Waals surface area (Å²) in [5, 5.41) is 0.952. The van der Waals surface area contributed by atoms with Gasteiger partial charge in [-0.2, -0.15) is 0 Å². The van der Waals surface area contributed by atoms with Crippen LogP contribution in [0, 0.1) is 0 Å². The van der Waals surface area contributed by atoms with Crippen molar-refractivity contribution in [3.8, 4) is 0 Å². The van der Waals surface area contributed by atoms with Crippen LogP contribution in [0.25, 0.3) is 0 Å². The summed E-state index contributed by atoms with van der Waals surface area (Å²) in [5.41, 5.74) is 2.78. The van der Waals surface area contributed by atoms with E-state index < -0.39 is 0 Å². The van der Waals surface area contributed by atoms with Crippen molar-refractivity contribution in [2.24, 2.45) is 0 Å². The van der Waals surface area contributed by atoms with E-state index in [2.05, 4.69) is 53.8 Å². The molecule has 2 heteroatoms.